The molecule has 0 radical (unpaired) electrons. The molecule has 9 nitrogen and oxygen atoms in total. The average molecular weight is 529 g/mol. The summed E-state index contributed by atoms with van der Waals surface area (Å²) >= 11 is 1.16. The summed E-state index contributed by atoms with van der Waals surface area (Å²) in [6, 6.07) is 18.1. The number of benzene rings is 3. The highest BCUT2D eigenvalue weighted by molar-refractivity contribution is 7.93. The Kier molecular flexibility index (Phi) is 6.87. The van der Waals surface area contributed by atoms with Crippen LogP contribution in [0.5, 0.6) is 0 Å². The van der Waals surface area contributed by atoms with Crippen LogP contribution in [-0.2, 0) is 20.0 Å². The van der Waals surface area contributed by atoms with Crippen LogP contribution in [0.3, 0.4) is 0 Å². The Morgan fingerprint density at radius 1 is 0.800 bits per heavy atom. The first kappa shape index (κ1) is 24.4. The smallest absolute Gasteiger partial charge is 0.263 e. The molecule has 180 valence electrons. The molecule has 4 rings (SSSR count). The van der Waals surface area contributed by atoms with Gasteiger partial charge in [0, 0.05) is 28.5 Å². The zero-order valence-electron chi connectivity index (χ0n) is 18.3. The highest BCUT2D eigenvalue weighted by atomic mass is 32.2. The third-order valence-corrected chi connectivity index (χ3v) is 8.35. The largest absolute Gasteiger partial charge is 0.322 e. The fourth-order valence-electron chi connectivity index (χ4n) is 3.02. The molecule has 1 aromatic heterocycles. The third-order valence-electron chi connectivity index (χ3n) is 4.78. The van der Waals surface area contributed by atoms with Crippen LogP contribution < -0.4 is 14.8 Å². The number of aryl methyl sites for hydroxylation is 1. The van der Waals surface area contributed by atoms with Gasteiger partial charge in [0.2, 0.25) is 0 Å². The number of thiazole rings is 1. The van der Waals surface area contributed by atoms with Gasteiger partial charge in [-0.15, -0.1) is 11.3 Å². The standard InChI is InChI=1S/C23H20N4O5S3/c1-16-5-9-20(10-6-16)34(29,30)26-19-4-2-3-17(15-19)22(28)25-18-7-11-21(12-8-18)35(31,32)27-23-24-13-14-33-23/h2-15,26H,1H3,(H,24,27)(H,25,28). The highest BCUT2D eigenvalue weighted by Gasteiger charge is 2.17. The normalized spacial score (nSPS) is 11.6. The van der Waals surface area contributed by atoms with Gasteiger partial charge in [0.05, 0.1) is 9.79 Å². The summed E-state index contributed by atoms with van der Waals surface area (Å²) in [6.07, 6.45) is 1.49. The molecule has 0 saturated carbocycles. The van der Waals surface area contributed by atoms with Crippen molar-refractivity contribution in [2.45, 2.75) is 16.7 Å². The molecular weight excluding hydrogens is 508 g/mol. The number of nitrogens with one attached hydrogen (secondary N) is 3. The minimum absolute atomic E-state index is 0.0122. The Morgan fingerprint density at radius 2 is 1.43 bits per heavy atom. The maximum atomic E-state index is 12.7. The second-order valence-corrected chi connectivity index (χ2v) is 11.7. The Morgan fingerprint density at radius 3 is 2.06 bits per heavy atom. The van der Waals surface area contributed by atoms with E-state index in [2.05, 4.69) is 19.7 Å². The van der Waals surface area contributed by atoms with Crippen molar-refractivity contribution in [3.63, 3.8) is 0 Å². The van der Waals surface area contributed by atoms with E-state index >= 15 is 0 Å². The number of amides is 1. The van der Waals surface area contributed by atoms with Gasteiger partial charge in [-0.2, -0.15) is 0 Å². The number of rotatable bonds is 8. The molecule has 0 fully saturated rings. The molecule has 0 atom stereocenters. The van der Waals surface area contributed by atoms with Crippen LogP contribution in [0.4, 0.5) is 16.5 Å². The number of nitrogens with zero attached hydrogens (tertiary/aromatic N) is 1. The molecule has 0 saturated heterocycles. The van der Waals surface area contributed by atoms with E-state index in [1.165, 1.54) is 60.8 Å². The summed E-state index contributed by atoms with van der Waals surface area (Å²) < 4.78 is 55.0. The van der Waals surface area contributed by atoms with Gasteiger partial charge in [0.1, 0.15) is 0 Å². The van der Waals surface area contributed by atoms with Gasteiger partial charge in [-0.3, -0.25) is 14.2 Å². The Labute approximate surface area is 207 Å². The van der Waals surface area contributed by atoms with E-state index in [1.54, 1.807) is 23.6 Å². The second kappa shape index (κ2) is 9.86. The zero-order valence-corrected chi connectivity index (χ0v) is 20.7. The van der Waals surface area contributed by atoms with Crippen molar-refractivity contribution >= 4 is 53.8 Å². The van der Waals surface area contributed by atoms with E-state index in [-0.39, 0.29) is 26.2 Å². The lowest BCUT2D eigenvalue weighted by atomic mass is 10.2. The SMILES string of the molecule is Cc1ccc(S(=O)(=O)Nc2cccc(C(=O)Nc3ccc(S(=O)(=O)Nc4nccs4)cc3)c2)cc1. The molecule has 1 heterocycles. The summed E-state index contributed by atoms with van der Waals surface area (Å²) in [6.45, 7) is 1.86. The Hall–Kier alpha value is -3.74. The number of aromatic nitrogens is 1. The lowest BCUT2D eigenvalue weighted by molar-refractivity contribution is 0.102. The van der Waals surface area contributed by atoms with E-state index in [4.69, 9.17) is 0 Å². The fraction of sp³-hybridized carbons (Fsp3) is 0.0435. The summed E-state index contributed by atoms with van der Waals surface area (Å²) in [5.41, 5.74) is 1.75. The van der Waals surface area contributed by atoms with Crippen LogP contribution in [0, 0.1) is 6.92 Å². The first-order chi connectivity index (χ1) is 16.6. The Bertz CT molecular complexity index is 1550. The lowest BCUT2D eigenvalue weighted by Crippen LogP contribution is -2.15. The maximum absolute atomic E-state index is 12.7. The average Bonchev–Trinajstić information content (AvgIpc) is 3.32. The first-order valence-corrected chi connectivity index (χ1v) is 14.0. The lowest BCUT2D eigenvalue weighted by Gasteiger charge is -2.11. The molecular formula is C23H20N4O5S3. The molecule has 1 amide bonds. The van der Waals surface area contributed by atoms with Gasteiger partial charge >= 0.3 is 0 Å². The van der Waals surface area contributed by atoms with Gasteiger partial charge in [0.15, 0.2) is 5.13 Å². The topological polar surface area (TPSA) is 134 Å². The van der Waals surface area contributed by atoms with Gasteiger partial charge < -0.3 is 5.32 Å². The number of anilines is 3. The van der Waals surface area contributed by atoms with E-state index in [9.17, 15) is 21.6 Å². The molecule has 3 aromatic carbocycles. The minimum atomic E-state index is -3.82. The number of hydrogen-bond acceptors (Lipinski definition) is 7. The molecule has 0 aliphatic heterocycles. The quantitative estimate of drug-likeness (QED) is 0.312. The van der Waals surface area contributed by atoms with Gasteiger partial charge in [0.25, 0.3) is 26.0 Å². The van der Waals surface area contributed by atoms with Crippen molar-refractivity contribution in [1.29, 1.82) is 0 Å². The van der Waals surface area contributed by atoms with Crippen LogP contribution in [0.2, 0.25) is 0 Å². The van der Waals surface area contributed by atoms with Gasteiger partial charge in [-0.25, -0.2) is 21.8 Å². The number of hydrogen-bond donors (Lipinski definition) is 3. The minimum Gasteiger partial charge on any atom is -0.322 e. The monoisotopic (exact) mass is 528 g/mol. The zero-order chi connectivity index (χ0) is 25.1. The molecule has 0 bridgehead atoms. The molecule has 0 unspecified atom stereocenters. The van der Waals surface area contributed by atoms with Crippen LogP contribution in [0.15, 0.2) is 94.2 Å². The van der Waals surface area contributed by atoms with Crippen molar-refractivity contribution in [2.24, 2.45) is 0 Å². The van der Waals surface area contributed by atoms with Crippen molar-refractivity contribution in [3.05, 3.63) is 95.5 Å². The van der Waals surface area contributed by atoms with Gasteiger partial charge in [-0.1, -0.05) is 23.8 Å². The molecule has 0 spiro atoms. The summed E-state index contributed by atoms with van der Waals surface area (Å²) in [7, 11) is -7.63. The van der Waals surface area contributed by atoms with Crippen molar-refractivity contribution < 1.29 is 21.6 Å². The summed E-state index contributed by atoms with van der Waals surface area (Å²) in [5, 5.41) is 4.57. The van der Waals surface area contributed by atoms with Crippen molar-refractivity contribution in [2.75, 3.05) is 14.8 Å². The van der Waals surface area contributed by atoms with Crippen LogP contribution in [0.1, 0.15) is 15.9 Å². The van der Waals surface area contributed by atoms with Crippen molar-refractivity contribution in [1.82, 2.24) is 4.98 Å². The van der Waals surface area contributed by atoms with E-state index in [1.807, 2.05) is 6.92 Å². The van der Waals surface area contributed by atoms with Crippen LogP contribution >= 0.6 is 11.3 Å². The molecule has 12 heteroatoms. The van der Waals surface area contributed by atoms with Crippen LogP contribution in [0.25, 0.3) is 0 Å². The third kappa shape index (κ3) is 6.04. The van der Waals surface area contributed by atoms with Crippen molar-refractivity contribution in [3.8, 4) is 0 Å². The van der Waals surface area contributed by atoms with Crippen LogP contribution in [-0.4, -0.2) is 27.7 Å². The fourth-order valence-corrected chi connectivity index (χ4v) is 5.86. The van der Waals surface area contributed by atoms with E-state index in [0.717, 1.165) is 16.9 Å². The predicted molar refractivity (Wildman–Crippen MR) is 136 cm³/mol. The first-order valence-electron chi connectivity index (χ1n) is 10.2. The number of carbonyl (C=O) groups excluding carboxylic acids is 1. The maximum Gasteiger partial charge on any atom is 0.263 e. The Balaban J connectivity index is 1.45. The van der Waals surface area contributed by atoms with E-state index in [0.29, 0.717) is 5.69 Å². The second-order valence-electron chi connectivity index (χ2n) is 7.42. The highest BCUT2D eigenvalue weighted by Crippen LogP contribution is 2.21. The molecule has 35 heavy (non-hydrogen) atoms. The number of carbonyl (C=O) groups is 1. The summed E-state index contributed by atoms with van der Waals surface area (Å²) in [4.78, 5) is 16.7. The molecule has 0 aliphatic carbocycles. The van der Waals surface area contributed by atoms with E-state index < -0.39 is 26.0 Å². The molecule has 3 N–H and O–H groups in total. The van der Waals surface area contributed by atoms with Gasteiger partial charge in [-0.05, 0) is 61.5 Å². The molecule has 4 aromatic rings. The number of sulfonamides is 2. The summed E-state index contributed by atoms with van der Waals surface area (Å²) in [5.74, 6) is -0.488. The molecule has 0 aliphatic rings. The predicted octanol–water partition coefficient (Wildman–Crippen LogP) is 4.31.